The number of carbonyl (C=O) groups is 1. The van der Waals surface area contributed by atoms with Crippen molar-refractivity contribution in [1.29, 1.82) is 0 Å². The molecule has 0 aliphatic carbocycles. The first kappa shape index (κ1) is 25.5. The zero-order valence-corrected chi connectivity index (χ0v) is 19.3. The summed E-state index contributed by atoms with van der Waals surface area (Å²) >= 11 is 17.8. The lowest BCUT2D eigenvalue weighted by Crippen LogP contribution is -2.29. The van der Waals surface area contributed by atoms with Gasteiger partial charge >= 0.3 is 0 Å². The van der Waals surface area contributed by atoms with E-state index in [1.165, 1.54) is 12.1 Å². The van der Waals surface area contributed by atoms with E-state index in [-0.39, 0.29) is 17.2 Å². The van der Waals surface area contributed by atoms with E-state index in [0.717, 1.165) is 19.3 Å². The molecule has 0 saturated carbocycles. The number of benzene rings is 2. The molecule has 0 aliphatic heterocycles. The third-order valence-electron chi connectivity index (χ3n) is 3.38. The molecule has 0 spiro atoms. The predicted octanol–water partition coefficient (Wildman–Crippen LogP) is 4.53. The Morgan fingerprint density at radius 3 is 2.10 bits per heavy atom. The van der Waals surface area contributed by atoms with Crippen LogP contribution in [0.3, 0.4) is 0 Å². The summed E-state index contributed by atoms with van der Waals surface area (Å²) in [6, 6.07) is 9.26. The van der Waals surface area contributed by atoms with E-state index in [2.05, 4.69) is 19.2 Å². The SMILES string of the molecule is CCNCC.CS(=O)(=O)NC(=O)c1ccc(COc2ccc(Cl)c(Cl)c2)c(Cl)c1. The lowest BCUT2D eigenvalue weighted by molar-refractivity contribution is 0.0981. The van der Waals surface area contributed by atoms with Crippen LogP contribution in [0, 0.1) is 0 Å². The fraction of sp³-hybridized carbons (Fsp3) is 0.316. The molecule has 0 fully saturated rings. The highest BCUT2D eigenvalue weighted by molar-refractivity contribution is 7.89. The molecule has 0 unspecified atom stereocenters. The van der Waals surface area contributed by atoms with Gasteiger partial charge in [0.1, 0.15) is 12.4 Å². The number of hydrogen-bond donors (Lipinski definition) is 2. The third kappa shape index (κ3) is 9.69. The van der Waals surface area contributed by atoms with Gasteiger partial charge in [0.05, 0.1) is 16.3 Å². The quantitative estimate of drug-likeness (QED) is 0.607. The minimum Gasteiger partial charge on any atom is -0.489 e. The standard InChI is InChI=1S/C15H12Cl3NO4S.C4H11N/c1-24(21,22)19-15(20)9-2-3-10(13(17)6-9)8-23-11-4-5-12(16)14(18)7-11;1-3-5-4-2/h2-7H,8H2,1H3,(H,19,20);5H,3-4H2,1-2H3. The van der Waals surface area contributed by atoms with E-state index >= 15 is 0 Å². The molecule has 2 rings (SSSR count). The second-order valence-electron chi connectivity index (χ2n) is 5.83. The van der Waals surface area contributed by atoms with Crippen LogP contribution in [0.2, 0.25) is 15.1 Å². The molecule has 2 aromatic rings. The van der Waals surface area contributed by atoms with Gasteiger partial charge in [-0.15, -0.1) is 0 Å². The number of nitrogens with one attached hydrogen (secondary N) is 2. The number of halogens is 3. The Morgan fingerprint density at radius 2 is 1.62 bits per heavy atom. The van der Waals surface area contributed by atoms with Crippen molar-refractivity contribution in [2.75, 3.05) is 19.3 Å². The Hall–Kier alpha value is -1.51. The van der Waals surface area contributed by atoms with Crippen LogP contribution in [0.15, 0.2) is 36.4 Å². The van der Waals surface area contributed by atoms with E-state index in [9.17, 15) is 13.2 Å². The summed E-state index contributed by atoms with van der Waals surface area (Å²) in [5.74, 6) is -0.240. The summed E-state index contributed by atoms with van der Waals surface area (Å²) in [7, 11) is -3.64. The van der Waals surface area contributed by atoms with Crippen molar-refractivity contribution in [2.24, 2.45) is 0 Å². The zero-order valence-electron chi connectivity index (χ0n) is 16.3. The second kappa shape index (κ2) is 12.2. The number of rotatable bonds is 7. The predicted molar refractivity (Wildman–Crippen MR) is 119 cm³/mol. The van der Waals surface area contributed by atoms with Gasteiger partial charge in [-0.1, -0.05) is 54.7 Å². The van der Waals surface area contributed by atoms with Crippen molar-refractivity contribution in [3.05, 3.63) is 62.6 Å². The molecular weight excluding hydrogens is 459 g/mol. The molecule has 0 heterocycles. The van der Waals surface area contributed by atoms with Gasteiger partial charge in [0.25, 0.3) is 5.91 Å². The summed E-state index contributed by atoms with van der Waals surface area (Å²) in [6.45, 7) is 6.53. The van der Waals surface area contributed by atoms with Gasteiger partial charge in [-0.2, -0.15) is 0 Å². The lowest BCUT2D eigenvalue weighted by Gasteiger charge is -2.10. The summed E-state index contributed by atoms with van der Waals surface area (Å²) in [5, 5.41) is 4.17. The highest BCUT2D eigenvalue weighted by atomic mass is 35.5. The molecule has 0 radical (unpaired) electrons. The summed E-state index contributed by atoms with van der Waals surface area (Å²) < 4.78 is 29.6. The van der Waals surface area contributed by atoms with Crippen molar-refractivity contribution >= 4 is 50.7 Å². The highest BCUT2D eigenvalue weighted by Gasteiger charge is 2.13. The first-order chi connectivity index (χ1) is 13.6. The molecule has 0 atom stereocenters. The fourth-order valence-electron chi connectivity index (χ4n) is 2.01. The molecule has 29 heavy (non-hydrogen) atoms. The number of carbonyl (C=O) groups excluding carboxylic acids is 1. The molecular formula is C19H23Cl3N2O4S. The Kier molecular flexibility index (Phi) is 10.8. The normalized spacial score (nSPS) is 10.7. The summed E-state index contributed by atoms with van der Waals surface area (Å²) in [4.78, 5) is 11.8. The number of sulfonamides is 1. The maximum absolute atomic E-state index is 11.8. The van der Waals surface area contributed by atoms with Gasteiger partial charge in [-0.05, 0) is 37.4 Å². The Bertz CT molecular complexity index is 935. The van der Waals surface area contributed by atoms with Gasteiger partial charge in [-0.3, -0.25) is 4.79 Å². The maximum atomic E-state index is 11.8. The molecule has 2 aromatic carbocycles. The average molecular weight is 482 g/mol. The van der Waals surface area contributed by atoms with Crippen molar-refractivity contribution in [3.8, 4) is 5.75 Å². The van der Waals surface area contributed by atoms with E-state index in [1.807, 2.05) is 4.72 Å². The van der Waals surface area contributed by atoms with E-state index in [4.69, 9.17) is 39.5 Å². The van der Waals surface area contributed by atoms with E-state index < -0.39 is 15.9 Å². The molecule has 160 valence electrons. The van der Waals surface area contributed by atoms with Crippen LogP contribution in [-0.2, 0) is 16.6 Å². The third-order valence-corrected chi connectivity index (χ3v) is 5.03. The number of ether oxygens (including phenoxy) is 1. The van der Waals surface area contributed by atoms with Gasteiger partial charge in [0.15, 0.2) is 0 Å². The Morgan fingerprint density at radius 1 is 0.966 bits per heavy atom. The largest absolute Gasteiger partial charge is 0.489 e. The summed E-state index contributed by atoms with van der Waals surface area (Å²) in [6.07, 6.45) is 0.895. The van der Waals surface area contributed by atoms with Crippen LogP contribution in [0.4, 0.5) is 0 Å². The van der Waals surface area contributed by atoms with Gasteiger partial charge in [0, 0.05) is 22.2 Å². The number of amides is 1. The van der Waals surface area contributed by atoms with E-state index in [0.29, 0.717) is 21.4 Å². The van der Waals surface area contributed by atoms with Crippen molar-refractivity contribution in [1.82, 2.24) is 10.0 Å². The minimum atomic E-state index is -3.64. The van der Waals surface area contributed by atoms with Crippen molar-refractivity contribution < 1.29 is 17.9 Å². The molecule has 6 nitrogen and oxygen atoms in total. The zero-order chi connectivity index (χ0) is 22.0. The van der Waals surface area contributed by atoms with Crippen LogP contribution in [0.25, 0.3) is 0 Å². The molecule has 0 bridgehead atoms. The smallest absolute Gasteiger partial charge is 0.264 e. The summed E-state index contributed by atoms with van der Waals surface area (Å²) in [5.41, 5.74) is 0.752. The van der Waals surface area contributed by atoms with Gasteiger partial charge in [-0.25, -0.2) is 13.1 Å². The second-order valence-corrected chi connectivity index (χ2v) is 8.80. The van der Waals surface area contributed by atoms with Crippen molar-refractivity contribution in [3.63, 3.8) is 0 Å². The van der Waals surface area contributed by atoms with Crippen LogP contribution in [0.1, 0.15) is 29.8 Å². The van der Waals surface area contributed by atoms with Crippen LogP contribution in [0.5, 0.6) is 5.75 Å². The minimum absolute atomic E-state index is 0.128. The van der Waals surface area contributed by atoms with Crippen molar-refractivity contribution in [2.45, 2.75) is 20.5 Å². The monoisotopic (exact) mass is 480 g/mol. The lowest BCUT2D eigenvalue weighted by atomic mass is 10.1. The fourth-order valence-corrected chi connectivity index (χ4v) is 2.99. The molecule has 0 aliphatic rings. The Labute approximate surface area is 186 Å². The average Bonchev–Trinajstić information content (AvgIpc) is 2.63. The molecule has 10 heteroatoms. The molecule has 2 N–H and O–H groups in total. The molecule has 0 saturated heterocycles. The molecule has 1 amide bonds. The molecule has 0 aromatic heterocycles. The first-order valence-electron chi connectivity index (χ1n) is 8.66. The Balaban J connectivity index is 0.000000749. The van der Waals surface area contributed by atoms with Gasteiger partial charge < -0.3 is 10.1 Å². The van der Waals surface area contributed by atoms with Crippen LogP contribution >= 0.6 is 34.8 Å². The highest BCUT2D eigenvalue weighted by Crippen LogP contribution is 2.27. The first-order valence-corrected chi connectivity index (χ1v) is 11.7. The number of hydrogen-bond acceptors (Lipinski definition) is 5. The van der Waals surface area contributed by atoms with Crippen LogP contribution < -0.4 is 14.8 Å². The van der Waals surface area contributed by atoms with Gasteiger partial charge in [0.2, 0.25) is 10.0 Å². The van der Waals surface area contributed by atoms with E-state index in [1.54, 1.807) is 24.3 Å². The van der Waals surface area contributed by atoms with Crippen LogP contribution in [-0.4, -0.2) is 33.7 Å². The topological polar surface area (TPSA) is 84.5 Å². The maximum Gasteiger partial charge on any atom is 0.264 e.